The number of aromatic nitrogens is 4. The van der Waals surface area contributed by atoms with E-state index >= 15 is 0 Å². The standard InChI is InChI=1S/C19H27N5O/c1-15(2)16-6-8-17(9-7-16)21-18(25)12-19(10-4-3-5-11-19)13-24-14-20-22-23-24/h6-9,14-15H,3-5,10-13H2,1-2H3,(H,21,25). The number of carbonyl (C=O) groups excluding carboxylic acids is 1. The Morgan fingerprint density at radius 3 is 2.52 bits per heavy atom. The number of carbonyl (C=O) groups is 1. The van der Waals surface area contributed by atoms with Crippen LogP contribution in [0.4, 0.5) is 5.69 Å². The van der Waals surface area contributed by atoms with Crippen LogP contribution in [0.1, 0.15) is 63.9 Å². The summed E-state index contributed by atoms with van der Waals surface area (Å²) in [6.07, 6.45) is 7.82. The molecule has 6 nitrogen and oxygen atoms in total. The van der Waals surface area contributed by atoms with Crippen molar-refractivity contribution >= 4 is 11.6 Å². The Morgan fingerprint density at radius 1 is 1.20 bits per heavy atom. The third-order valence-corrected chi connectivity index (χ3v) is 5.20. The number of nitrogens with zero attached hydrogens (tertiary/aromatic N) is 4. The van der Waals surface area contributed by atoms with Crippen molar-refractivity contribution in [3.05, 3.63) is 36.2 Å². The van der Waals surface area contributed by atoms with E-state index in [0.717, 1.165) is 18.5 Å². The van der Waals surface area contributed by atoms with E-state index in [1.54, 1.807) is 11.0 Å². The molecule has 0 atom stereocenters. The van der Waals surface area contributed by atoms with Crippen LogP contribution in [0.15, 0.2) is 30.6 Å². The maximum Gasteiger partial charge on any atom is 0.224 e. The molecule has 1 aliphatic rings. The first kappa shape index (κ1) is 17.6. The number of amides is 1. The largest absolute Gasteiger partial charge is 0.326 e. The molecule has 25 heavy (non-hydrogen) atoms. The highest BCUT2D eigenvalue weighted by molar-refractivity contribution is 5.91. The van der Waals surface area contributed by atoms with Crippen molar-refractivity contribution in [3.63, 3.8) is 0 Å². The van der Waals surface area contributed by atoms with Gasteiger partial charge in [-0.25, -0.2) is 4.68 Å². The van der Waals surface area contributed by atoms with Crippen molar-refractivity contribution < 1.29 is 4.79 Å². The maximum atomic E-state index is 12.7. The maximum absolute atomic E-state index is 12.7. The van der Waals surface area contributed by atoms with Crippen LogP contribution in [0.25, 0.3) is 0 Å². The lowest BCUT2D eigenvalue weighted by atomic mass is 9.71. The Bertz CT molecular complexity index is 672. The number of anilines is 1. The van der Waals surface area contributed by atoms with Crippen LogP contribution in [0, 0.1) is 5.41 Å². The van der Waals surface area contributed by atoms with E-state index in [1.807, 2.05) is 12.1 Å². The molecule has 0 aliphatic heterocycles. The number of hydrogen-bond donors (Lipinski definition) is 1. The summed E-state index contributed by atoms with van der Waals surface area (Å²) < 4.78 is 1.76. The Balaban J connectivity index is 1.65. The number of rotatable bonds is 6. The van der Waals surface area contributed by atoms with Gasteiger partial charge in [0, 0.05) is 12.1 Å². The van der Waals surface area contributed by atoms with E-state index in [0.29, 0.717) is 18.9 Å². The van der Waals surface area contributed by atoms with E-state index in [9.17, 15) is 4.79 Å². The number of nitrogens with one attached hydrogen (secondary N) is 1. The number of hydrogen-bond acceptors (Lipinski definition) is 4. The molecular weight excluding hydrogens is 314 g/mol. The third-order valence-electron chi connectivity index (χ3n) is 5.20. The predicted molar refractivity (Wildman–Crippen MR) is 97.1 cm³/mol. The first-order chi connectivity index (χ1) is 12.1. The monoisotopic (exact) mass is 341 g/mol. The van der Waals surface area contributed by atoms with Gasteiger partial charge in [-0.05, 0) is 52.3 Å². The van der Waals surface area contributed by atoms with Gasteiger partial charge in [0.25, 0.3) is 0 Å². The first-order valence-corrected chi connectivity index (χ1v) is 9.17. The van der Waals surface area contributed by atoms with Crippen LogP contribution in [0.5, 0.6) is 0 Å². The molecule has 0 spiro atoms. The van der Waals surface area contributed by atoms with Crippen LogP contribution in [0.3, 0.4) is 0 Å². The van der Waals surface area contributed by atoms with Crippen molar-refractivity contribution in [1.82, 2.24) is 20.2 Å². The highest BCUT2D eigenvalue weighted by atomic mass is 16.1. The smallest absolute Gasteiger partial charge is 0.224 e. The van der Waals surface area contributed by atoms with Gasteiger partial charge in [-0.2, -0.15) is 0 Å². The lowest BCUT2D eigenvalue weighted by Crippen LogP contribution is -2.34. The van der Waals surface area contributed by atoms with Gasteiger partial charge in [0.15, 0.2) is 0 Å². The first-order valence-electron chi connectivity index (χ1n) is 9.17. The van der Waals surface area contributed by atoms with Crippen molar-refractivity contribution in [1.29, 1.82) is 0 Å². The summed E-state index contributed by atoms with van der Waals surface area (Å²) in [5.74, 6) is 0.568. The minimum absolute atomic E-state index is 0.0460. The second kappa shape index (κ2) is 7.76. The molecule has 1 amide bonds. The van der Waals surface area contributed by atoms with Crippen molar-refractivity contribution in [2.75, 3.05) is 5.32 Å². The van der Waals surface area contributed by atoms with Crippen LogP contribution in [0.2, 0.25) is 0 Å². The van der Waals surface area contributed by atoms with Gasteiger partial charge in [0.05, 0.1) is 6.54 Å². The van der Waals surface area contributed by atoms with Gasteiger partial charge in [-0.15, -0.1) is 5.10 Å². The van der Waals surface area contributed by atoms with E-state index in [-0.39, 0.29) is 11.3 Å². The van der Waals surface area contributed by atoms with Gasteiger partial charge in [-0.3, -0.25) is 4.79 Å². The molecule has 6 heteroatoms. The summed E-state index contributed by atoms with van der Waals surface area (Å²) in [6, 6.07) is 8.14. The molecule has 0 bridgehead atoms. The summed E-state index contributed by atoms with van der Waals surface area (Å²) in [5, 5.41) is 14.5. The molecule has 1 saturated carbocycles. The normalized spacial score (nSPS) is 16.8. The summed E-state index contributed by atoms with van der Waals surface area (Å²) in [6.45, 7) is 5.04. The molecular formula is C19H27N5O. The van der Waals surface area contributed by atoms with Crippen LogP contribution in [-0.2, 0) is 11.3 Å². The molecule has 3 rings (SSSR count). The number of benzene rings is 1. The fourth-order valence-corrected chi connectivity index (χ4v) is 3.79. The molecule has 1 aliphatic carbocycles. The van der Waals surface area contributed by atoms with Gasteiger partial charge < -0.3 is 5.32 Å². The predicted octanol–water partition coefficient (Wildman–Crippen LogP) is 3.78. The lowest BCUT2D eigenvalue weighted by molar-refractivity contribution is -0.119. The highest BCUT2D eigenvalue weighted by Gasteiger charge is 2.35. The second-order valence-corrected chi connectivity index (χ2v) is 7.57. The molecule has 1 aromatic carbocycles. The summed E-state index contributed by atoms with van der Waals surface area (Å²) in [7, 11) is 0. The van der Waals surface area contributed by atoms with Gasteiger partial charge in [0.1, 0.15) is 6.33 Å². The average molecular weight is 341 g/mol. The van der Waals surface area contributed by atoms with Crippen LogP contribution >= 0.6 is 0 Å². The lowest BCUT2D eigenvalue weighted by Gasteiger charge is -2.36. The Hall–Kier alpha value is -2.24. The molecule has 0 radical (unpaired) electrons. The fourth-order valence-electron chi connectivity index (χ4n) is 3.79. The molecule has 1 N–H and O–H groups in total. The SMILES string of the molecule is CC(C)c1ccc(NC(=O)CC2(Cn3cnnn3)CCCCC2)cc1. The fraction of sp³-hybridized carbons (Fsp3) is 0.579. The second-order valence-electron chi connectivity index (χ2n) is 7.57. The zero-order chi connectivity index (χ0) is 17.7. The van der Waals surface area contributed by atoms with Crippen LogP contribution in [-0.4, -0.2) is 26.1 Å². The molecule has 1 aromatic heterocycles. The molecule has 0 unspecified atom stereocenters. The van der Waals surface area contributed by atoms with E-state index in [2.05, 4.69) is 46.8 Å². The molecule has 134 valence electrons. The third kappa shape index (κ3) is 4.65. The molecule has 1 fully saturated rings. The Kier molecular flexibility index (Phi) is 5.46. The Morgan fingerprint density at radius 2 is 1.92 bits per heavy atom. The topological polar surface area (TPSA) is 72.7 Å². The van der Waals surface area contributed by atoms with E-state index in [1.165, 1.54) is 24.8 Å². The molecule has 2 aromatic rings. The van der Waals surface area contributed by atoms with Crippen molar-refractivity contribution in [2.24, 2.45) is 5.41 Å². The minimum atomic E-state index is -0.0460. The van der Waals surface area contributed by atoms with E-state index < -0.39 is 0 Å². The van der Waals surface area contributed by atoms with Crippen molar-refractivity contribution in [3.8, 4) is 0 Å². The van der Waals surface area contributed by atoms with E-state index in [4.69, 9.17) is 0 Å². The summed E-state index contributed by atoms with van der Waals surface area (Å²) in [4.78, 5) is 12.7. The minimum Gasteiger partial charge on any atom is -0.326 e. The van der Waals surface area contributed by atoms with Crippen LogP contribution < -0.4 is 5.32 Å². The van der Waals surface area contributed by atoms with Gasteiger partial charge in [-0.1, -0.05) is 45.2 Å². The molecule has 1 heterocycles. The zero-order valence-electron chi connectivity index (χ0n) is 15.1. The summed E-state index contributed by atoms with van der Waals surface area (Å²) in [5.41, 5.74) is 2.10. The average Bonchev–Trinajstić information content (AvgIpc) is 3.08. The van der Waals surface area contributed by atoms with Crippen molar-refractivity contribution in [2.45, 2.75) is 64.8 Å². The zero-order valence-corrected chi connectivity index (χ0v) is 15.1. The Labute approximate surface area is 149 Å². The summed E-state index contributed by atoms with van der Waals surface area (Å²) >= 11 is 0. The quantitative estimate of drug-likeness (QED) is 0.868. The molecule has 0 saturated heterocycles. The number of tetrazole rings is 1. The van der Waals surface area contributed by atoms with Gasteiger partial charge in [0.2, 0.25) is 5.91 Å². The van der Waals surface area contributed by atoms with Gasteiger partial charge >= 0.3 is 0 Å². The highest BCUT2D eigenvalue weighted by Crippen LogP contribution is 2.40.